The van der Waals surface area contributed by atoms with Crippen LogP contribution < -0.4 is 0 Å². The highest BCUT2D eigenvalue weighted by Gasteiger charge is 2.11. The normalized spacial score (nSPS) is 10.1. The summed E-state index contributed by atoms with van der Waals surface area (Å²) in [7, 11) is 0. The fourth-order valence-electron chi connectivity index (χ4n) is 1.20. The zero-order chi connectivity index (χ0) is 10.7. The van der Waals surface area contributed by atoms with Gasteiger partial charge in [-0.2, -0.15) is 0 Å². The molecule has 0 aliphatic rings. The highest BCUT2D eigenvalue weighted by Crippen LogP contribution is 2.25. The van der Waals surface area contributed by atoms with Crippen LogP contribution in [0.4, 0.5) is 4.39 Å². The quantitative estimate of drug-likeness (QED) is 0.779. The van der Waals surface area contributed by atoms with Crippen molar-refractivity contribution in [1.29, 1.82) is 0 Å². The fraction of sp³-hybridized carbons (Fsp3) is 0.300. The van der Waals surface area contributed by atoms with Crippen LogP contribution >= 0.6 is 0 Å². The summed E-state index contributed by atoms with van der Waals surface area (Å²) < 4.78 is 13.1. The van der Waals surface area contributed by atoms with Crippen molar-refractivity contribution in [1.82, 2.24) is 0 Å². The van der Waals surface area contributed by atoms with Gasteiger partial charge in [0.1, 0.15) is 11.6 Å². The Morgan fingerprint density at radius 1 is 1.50 bits per heavy atom. The number of hydrogen-bond donors (Lipinski definition) is 2. The molecule has 14 heavy (non-hydrogen) atoms. The van der Waals surface area contributed by atoms with E-state index in [1.807, 2.05) is 0 Å². The van der Waals surface area contributed by atoms with Gasteiger partial charge >= 0.3 is 5.97 Å². The second-order valence-corrected chi connectivity index (χ2v) is 3.09. The van der Waals surface area contributed by atoms with E-state index in [9.17, 15) is 14.3 Å². The molecule has 0 atom stereocenters. The van der Waals surface area contributed by atoms with Crippen molar-refractivity contribution < 1.29 is 19.4 Å². The topological polar surface area (TPSA) is 57.5 Å². The Balaban J connectivity index is 2.95. The number of phenols is 1. The average Bonchev–Trinajstić information content (AvgIpc) is 2.11. The van der Waals surface area contributed by atoms with Crippen LogP contribution in [0.2, 0.25) is 0 Å². The van der Waals surface area contributed by atoms with Gasteiger partial charge in [0.2, 0.25) is 0 Å². The van der Waals surface area contributed by atoms with Gasteiger partial charge in [0.15, 0.2) is 0 Å². The molecule has 0 aliphatic heterocycles. The molecule has 0 fully saturated rings. The average molecular weight is 198 g/mol. The van der Waals surface area contributed by atoms with E-state index in [4.69, 9.17) is 5.11 Å². The van der Waals surface area contributed by atoms with Gasteiger partial charge in [-0.15, -0.1) is 0 Å². The van der Waals surface area contributed by atoms with E-state index in [0.717, 1.165) is 0 Å². The number of rotatable bonds is 3. The Kier molecular flexibility index (Phi) is 3.06. The molecule has 4 heteroatoms. The first-order chi connectivity index (χ1) is 6.52. The van der Waals surface area contributed by atoms with E-state index in [0.29, 0.717) is 5.56 Å². The van der Waals surface area contributed by atoms with Crippen molar-refractivity contribution in [3.63, 3.8) is 0 Å². The monoisotopic (exact) mass is 198 g/mol. The van der Waals surface area contributed by atoms with Crippen LogP contribution in [0.5, 0.6) is 5.75 Å². The molecule has 1 aromatic carbocycles. The number of carboxylic acid groups (broad SMARTS) is 1. The summed E-state index contributed by atoms with van der Waals surface area (Å²) in [6.45, 7) is 1.64. The molecule has 0 amide bonds. The van der Waals surface area contributed by atoms with Crippen molar-refractivity contribution in [3.05, 3.63) is 29.1 Å². The SMILES string of the molecule is Cc1ccc(F)c(CCC(=O)O)c1O. The number of halogens is 1. The number of phenolic OH excluding ortho intramolecular Hbond substituents is 1. The van der Waals surface area contributed by atoms with Crippen LogP contribution in [0.25, 0.3) is 0 Å². The molecule has 76 valence electrons. The van der Waals surface area contributed by atoms with Crippen LogP contribution in [0.3, 0.4) is 0 Å². The molecule has 0 saturated heterocycles. The number of carbonyl (C=O) groups is 1. The standard InChI is InChI=1S/C10H11FO3/c1-6-2-4-8(11)7(10(6)14)3-5-9(12)13/h2,4,14H,3,5H2,1H3,(H,12,13). The third-order valence-corrected chi connectivity index (χ3v) is 2.02. The lowest BCUT2D eigenvalue weighted by atomic mass is 10.0. The summed E-state index contributed by atoms with van der Waals surface area (Å²) in [6.07, 6.45) is -0.178. The minimum absolute atomic E-state index is 0.00861. The summed E-state index contributed by atoms with van der Waals surface area (Å²) in [6, 6.07) is 2.68. The first-order valence-corrected chi connectivity index (χ1v) is 4.21. The van der Waals surface area contributed by atoms with Crippen LogP contribution in [0, 0.1) is 12.7 Å². The summed E-state index contributed by atoms with van der Waals surface area (Å²) in [4.78, 5) is 10.3. The second-order valence-electron chi connectivity index (χ2n) is 3.09. The Bertz CT molecular complexity index is 361. The zero-order valence-corrected chi connectivity index (χ0v) is 7.75. The Labute approximate surface area is 80.8 Å². The molecule has 0 unspecified atom stereocenters. The predicted molar refractivity (Wildman–Crippen MR) is 48.8 cm³/mol. The van der Waals surface area contributed by atoms with Gasteiger partial charge in [0, 0.05) is 12.0 Å². The molecule has 0 heterocycles. The zero-order valence-electron chi connectivity index (χ0n) is 7.75. The second kappa shape index (κ2) is 4.09. The van der Waals surface area contributed by atoms with Gasteiger partial charge in [-0.3, -0.25) is 4.79 Å². The lowest BCUT2D eigenvalue weighted by Gasteiger charge is -2.06. The Morgan fingerprint density at radius 3 is 2.71 bits per heavy atom. The van der Waals surface area contributed by atoms with Crippen LogP contribution in [-0.4, -0.2) is 16.2 Å². The van der Waals surface area contributed by atoms with Gasteiger partial charge in [-0.1, -0.05) is 6.07 Å². The molecule has 3 nitrogen and oxygen atoms in total. The highest BCUT2D eigenvalue weighted by molar-refractivity contribution is 5.67. The van der Waals surface area contributed by atoms with Crippen molar-refractivity contribution in [2.45, 2.75) is 19.8 Å². The summed E-state index contributed by atoms with van der Waals surface area (Å²) in [5, 5.41) is 17.9. The molecule has 1 aromatic rings. The van der Waals surface area contributed by atoms with Gasteiger partial charge < -0.3 is 10.2 Å². The maximum Gasteiger partial charge on any atom is 0.303 e. The molecule has 0 spiro atoms. The van der Waals surface area contributed by atoms with Gasteiger partial charge in [-0.05, 0) is 25.0 Å². The van der Waals surface area contributed by atoms with Crippen molar-refractivity contribution in [3.8, 4) is 5.75 Å². The summed E-state index contributed by atoms with van der Waals surface area (Å²) in [5.74, 6) is -1.72. The molecule has 0 radical (unpaired) electrons. The van der Waals surface area contributed by atoms with Gasteiger partial charge in [-0.25, -0.2) is 4.39 Å². The van der Waals surface area contributed by atoms with Crippen molar-refractivity contribution >= 4 is 5.97 Å². The van der Waals surface area contributed by atoms with Crippen LogP contribution in [-0.2, 0) is 11.2 Å². The van der Waals surface area contributed by atoms with Gasteiger partial charge in [0.25, 0.3) is 0 Å². The number of hydrogen-bond acceptors (Lipinski definition) is 2. The number of benzene rings is 1. The maximum atomic E-state index is 13.1. The molecular weight excluding hydrogens is 187 g/mol. The fourth-order valence-corrected chi connectivity index (χ4v) is 1.20. The molecule has 2 N–H and O–H groups in total. The molecule has 0 saturated carbocycles. The van der Waals surface area contributed by atoms with E-state index in [1.165, 1.54) is 12.1 Å². The molecule has 1 rings (SSSR count). The first-order valence-electron chi connectivity index (χ1n) is 4.21. The van der Waals surface area contributed by atoms with E-state index in [-0.39, 0.29) is 24.2 Å². The van der Waals surface area contributed by atoms with E-state index >= 15 is 0 Å². The predicted octanol–water partition coefficient (Wildman–Crippen LogP) is 1.86. The molecule has 0 aliphatic carbocycles. The largest absolute Gasteiger partial charge is 0.507 e. The lowest BCUT2D eigenvalue weighted by molar-refractivity contribution is -0.136. The Morgan fingerprint density at radius 2 is 2.14 bits per heavy atom. The molecule has 0 aromatic heterocycles. The third kappa shape index (κ3) is 2.22. The third-order valence-electron chi connectivity index (χ3n) is 2.02. The van der Waals surface area contributed by atoms with E-state index in [2.05, 4.69) is 0 Å². The Hall–Kier alpha value is -1.58. The summed E-state index contributed by atoms with van der Waals surface area (Å²) >= 11 is 0. The first kappa shape index (κ1) is 10.5. The number of carboxylic acids is 1. The van der Waals surface area contributed by atoms with Crippen molar-refractivity contribution in [2.24, 2.45) is 0 Å². The van der Waals surface area contributed by atoms with E-state index in [1.54, 1.807) is 6.92 Å². The van der Waals surface area contributed by atoms with Crippen LogP contribution in [0.15, 0.2) is 12.1 Å². The molecular formula is C10H11FO3. The van der Waals surface area contributed by atoms with Crippen molar-refractivity contribution in [2.75, 3.05) is 0 Å². The number of aromatic hydroxyl groups is 1. The number of aliphatic carboxylic acids is 1. The maximum absolute atomic E-state index is 13.1. The lowest BCUT2D eigenvalue weighted by Crippen LogP contribution is -2.00. The van der Waals surface area contributed by atoms with Gasteiger partial charge in [0.05, 0.1) is 0 Å². The van der Waals surface area contributed by atoms with Crippen LogP contribution in [0.1, 0.15) is 17.5 Å². The minimum Gasteiger partial charge on any atom is -0.507 e. The summed E-state index contributed by atoms with van der Waals surface area (Å²) in [5.41, 5.74) is 0.624. The smallest absolute Gasteiger partial charge is 0.303 e. The molecule has 0 bridgehead atoms. The minimum atomic E-state index is -1.01. The number of aryl methyl sites for hydroxylation is 1. The van der Waals surface area contributed by atoms with E-state index < -0.39 is 11.8 Å². The highest BCUT2D eigenvalue weighted by atomic mass is 19.1.